The van der Waals surface area contributed by atoms with Gasteiger partial charge in [-0.3, -0.25) is 9.67 Å². The van der Waals surface area contributed by atoms with E-state index in [9.17, 15) is 8.78 Å². The number of nitrogens with one attached hydrogen (secondary N) is 2. The zero-order valence-corrected chi connectivity index (χ0v) is 19.5. The van der Waals surface area contributed by atoms with Gasteiger partial charge in [-0.25, -0.2) is 8.78 Å². The first kappa shape index (κ1) is 24.6. The van der Waals surface area contributed by atoms with E-state index in [1.54, 1.807) is 31.4 Å². The van der Waals surface area contributed by atoms with Crippen LogP contribution in [0.25, 0.3) is 0 Å². The van der Waals surface area contributed by atoms with Crippen LogP contribution in [0.1, 0.15) is 16.7 Å². The van der Waals surface area contributed by atoms with E-state index in [1.165, 1.54) is 5.56 Å². The summed E-state index contributed by atoms with van der Waals surface area (Å²) >= 11 is 0. The molecule has 0 amide bonds. The highest BCUT2D eigenvalue weighted by Gasteiger charge is 2.06. The molecule has 0 atom stereocenters. The normalized spacial score (nSPS) is 11.2. The summed E-state index contributed by atoms with van der Waals surface area (Å²) in [4.78, 5) is 4.25. The molecule has 3 rings (SSSR count). The number of hydrogen-bond donors (Lipinski definition) is 2. The predicted octanol–water partition coefficient (Wildman–Crippen LogP) is 4.06. The van der Waals surface area contributed by atoms with Gasteiger partial charge in [0.2, 0.25) is 0 Å². The van der Waals surface area contributed by atoms with Crippen LogP contribution in [0, 0.1) is 0 Å². The van der Waals surface area contributed by atoms with Crippen LogP contribution in [0.2, 0.25) is 0 Å². The van der Waals surface area contributed by atoms with Crippen molar-refractivity contribution in [3.8, 4) is 5.75 Å². The van der Waals surface area contributed by atoms with Crippen molar-refractivity contribution in [1.82, 2.24) is 20.4 Å². The third-order valence-electron chi connectivity index (χ3n) is 4.41. The SMILES string of the molecule is CN=C(NCc1cccc(OCC(F)F)c1)NCc1ccccc1Cn1cccn1.I. The van der Waals surface area contributed by atoms with Crippen LogP contribution in [-0.2, 0) is 19.6 Å². The number of alkyl halides is 2. The minimum Gasteiger partial charge on any atom is -0.488 e. The van der Waals surface area contributed by atoms with Gasteiger partial charge in [0, 0.05) is 32.5 Å². The van der Waals surface area contributed by atoms with Crippen LogP contribution < -0.4 is 15.4 Å². The number of nitrogens with zero attached hydrogens (tertiary/aromatic N) is 3. The van der Waals surface area contributed by atoms with Gasteiger partial charge in [-0.15, -0.1) is 24.0 Å². The molecule has 3 aromatic rings. The van der Waals surface area contributed by atoms with Gasteiger partial charge in [-0.1, -0.05) is 36.4 Å². The molecule has 0 bridgehead atoms. The van der Waals surface area contributed by atoms with Crippen molar-refractivity contribution < 1.29 is 13.5 Å². The average molecular weight is 541 g/mol. The molecule has 0 fully saturated rings. The Morgan fingerprint density at radius 2 is 1.84 bits per heavy atom. The molecule has 0 aliphatic rings. The molecule has 1 heterocycles. The molecule has 2 aromatic carbocycles. The number of hydrogen-bond acceptors (Lipinski definition) is 3. The van der Waals surface area contributed by atoms with Gasteiger partial charge >= 0.3 is 0 Å². The molecule has 6 nitrogen and oxygen atoms in total. The maximum absolute atomic E-state index is 12.3. The van der Waals surface area contributed by atoms with Crippen molar-refractivity contribution in [2.75, 3.05) is 13.7 Å². The van der Waals surface area contributed by atoms with E-state index in [0.717, 1.165) is 11.1 Å². The number of aliphatic imine (C=N–C) groups is 1. The van der Waals surface area contributed by atoms with Crippen LogP contribution in [0.5, 0.6) is 5.75 Å². The molecular formula is C22H26F2IN5O. The molecule has 166 valence electrons. The van der Waals surface area contributed by atoms with Gasteiger partial charge in [0.25, 0.3) is 6.43 Å². The molecule has 2 N–H and O–H groups in total. The lowest BCUT2D eigenvalue weighted by Gasteiger charge is -2.15. The van der Waals surface area contributed by atoms with E-state index < -0.39 is 13.0 Å². The van der Waals surface area contributed by atoms with Gasteiger partial charge < -0.3 is 15.4 Å². The number of rotatable bonds is 9. The Balaban J connectivity index is 0.00000341. The Morgan fingerprint density at radius 1 is 1.06 bits per heavy atom. The quantitative estimate of drug-likeness (QED) is 0.244. The molecule has 0 aliphatic heterocycles. The summed E-state index contributed by atoms with van der Waals surface area (Å²) in [6.45, 7) is 1.18. The zero-order valence-electron chi connectivity index (χ0n) is 17.2. The molecule has 0 unspecified atom stereocenters. The van der Waals surface area contributed by atoms with Crippen molar-refractivity contribution in [1.29, 1.82) is 0 Å². The second kappa shape index (κ2) is 12.9. The number of ether oxygens (including phenoxy) is 1. The van der Waals surface area contributed by atoms with Crippen molar-refractivity contribution in [2.24, 2.45) is 4.99 Å². The minimum atomic E-state index is -2.49. The summed E-state index contributed by atoms with van der Waals surface area (Å²) in [5.41, 5.74) is 3.23. The van der Waals surface area contributed by atoms with Crippen LogP contribution in [0.4, 0.5) is 8.78 Å². The Labute approximate surface area is 197 Å². The maximum atomic E-state index is 12.3. The summed E-state index contributed by atoms with van der Waals surface area (Å²) in [5, 5.41) is 10.8. The Morgan fingerprint density at radius 3 is 2.55 bits per heavy atom. The van der Waals surface area contributed by atoms with Gasteiger partial charge in [0.15, 0.2) is 5.96 Å². The van der Waals surface area contributed by atoms with Gasteiger partial charge in [-0.05, 0) is 34.9 Å². The summed E-state index contributed by atoms with van der Waals surface area (Å²) in [5.74, 6) is 1.06. The Bertz CT molecular complexity index is 951. The highest BCUT2D eigenvalue weighted by atomic mass is 127. The van der Waals surface area contributed by atoms with E-state index in [1.807, 2.05) is 35.1 Å². The van der Waals surface area contributed by atoms with Crippen LogP contribution in [-0.4, -0.2) is 35.8 Å². The lowest BCUT2D eigenvalue weighted by atomic mass is 10.1. The maximum Gasteiger partial charge on any atom is 0.272 e. The van der Waals surface area contributed by atoms with Crippen molar-refractivity contribution >= 4 is 29.9 Å². The molecule has 0 spiro atoms. The van der Waals surface area contributed by atoms with Gasteiger partial charge in [0.1, 0.15) is 12.4 Å². The monoisotopic (exact) mass is 541 g/mol. The molecule has 0 saturated carbocycles. The van der Waals surface area contributed by atoms with E-state index in [0.29, 0.717) is 31.3 Å². The smallest absolute Gasteiger partial charge is 0.272 e. The zero-order chi connectivity index (χ0) is 21.2. The first-order chi connectivity index (χ1) is 14.6. The Hall–Kier alpha value is -2.69. The van der Waals surface area contributed by atoms with Crippen molar-refractivity contribution in [3.05, 3.63) is 83.7 Å². The van der Waals surface area contributed by atoms with Gasteiger partial charge in [0.05, 0.1) is 6.54 Å². The number of benzene rings is 2. The van der Waals surface area contributed by atoms with E-state index >= 15 is 0 Å². The Kier molecular flexibility index (Phi) is 10.2. The summed E-state index contributed by atoms with van der Waals surface area (Å²) in [6, 6.07) is 17.2. The molecule has 0 saturated heterocycles. The number of halogens is 3. The molecule has 0 radical (unpaired) electrons. The highest BCUT2D eigenvalue weighted by molar-refractivity contribution is 14.0. The van der Waals surface area contributed by atoms with Crippen LogP contribution >= 0.6 is 24.0 Å². The minimum absolute atomic E-state index is 0. The second-order valence-corrected chi connectivity index (χ2v) is 6.60. The van der Waals surface area contributed by atoms with Crippen molar-refractivity contribution in [2.45, 2.75) is 26.1 Å². The topological polar surface area (TPSA) is 63.5 Å². The molecule has 0 aliphatic carbocycles. The second-order valence-electron chi connectivity index (χ2n) is 6.60. The summed E-state index contributed by atoms with van der Waals surface area (Å²) in [7, 11) is 1.70. The third kappa shape index (κ3) is 8.16. The fourth-order valence-corrected chi connectivity index (χ4v) is 2.94. The predicted molar refractivity (Wildman–Crippen MR) is 128 cm³/mol. The fraction of sp³-hybridized carbons (Fsp3) is 0.273. The van der Waals surface area contributed by atoms with Gasteiger partial charge in [-0.2, -0.15) is 5.10 Å². The lowest BCUT2D eigenvalue weighted by Crippen LogP contribution is -2.36. The molecule has 31 heavy (non-hydrogen) atoms. The molecular weight excluding hydrogens is 515 g/mol. The van der Waals surface area contributed by atoms with E-state index in [2.05, 4.69) is 32.9 Å². The van der Waals surface area contributed by atoms with E-state index in [-0.39, 0.29) is 24.0 Å². The molecule has 1 aromatic heterocycles. The number of aromatic nitrogens is 2. The fourth-order valence-electron chi connectivity index (χ4n) is 2.94. The third-order valence-corrected chi connectivity index (χ3v) is 4.41. The lowest BCUT2D eigenvalue weighted by molar-refractivity contribution is 0.0818. The van der Waals surface area contributed by atoms with Crippen molar-refractivity contribution in [3.63, 3.8) is 0 Å². The first-order valence-electron chi connectivity index (χ1n) is 9.62. The highest BCUT2D eigenvalue weighted by Crippen LogP contribution is 2.14. The average Bonchev–Trinajstić information content (AvgIpc) is 3.27. The van der Waals surface area contributed by atoms with E-state index in [4.69, 9.17) is 4.74 Å². The largest absolute Gasteiger partial charge is 0.488 e. The first-order valence-corrected chi connectivity index (χ1v) is 9.62. The van der Waals surface area contributed by atoms with Crippen LogP contribution in [0.3, 0.4) is 0 Å². The standard InChI is InChI=1S/C22H25F2N5O.HI/c1-25-22(26-13-17-6-4-9-20(12-17)30-16-21(23)24)27-14-18-7-2-3-8-19(18)15-29-11-5-10-28-29;/h2-12,21H,13-16H2,1H3,(H2,25,26,27);1H. The van der Waals surface area contributed by atoms with Crippen LogP contribution in [0.15, 0.2) is 72.0 Å². The molecule has 9 heteroatoms. The number of guanidine groups is 1. The summed E-state index contributed by atoms with van der Waals surface area (Å²) < 4.78 is 31.6. The summed E-state index contributed by atoms with van der Waals surface area (Å²) in [6.07, 6.45) is 1.20.